The Kier molecular flexibility index (Phi) is 4.76. The molecule has 0 radical (unpaired) electrons. The van der Waals surface area contributed by atoms with Crippen LogP contribution in [0.25, 0.3) is 0 Å². The molecule has 14 heavy (non-hydrogen) atoms. The first-order valence-electron chi connectivity index (χ1n) is 5.24. The van der Waals surface area contributed by atoms with Crippen molar-refractivity contribution in [2.45, 2.75) is 32.2 Å². The Morgan fingerprint density at radius 1 is 1.64 bits per heavy atom. The van der Waals surface area contributed by atoms with Crippen LogP contribution in [0, 0.1) is 5.41 Å². The summed E-state index contributed by atoms with van der Waals surface area (Å²) in [5.41, 5.74) is 0.529. The van der Waals surface area contributed by atoms with Crippen molar-refractivity contribution in [2.75, 3.05) is 19.6 Å². The van der Waals surface area contributed by atoms with Crippen LogP contribution in [-0.4, -0.2) is 37.2 Å². The zero-order valence-corrected chi connectivity index (χ0v) is 8.73. The van der Waals surface area contributed by atoms with Gasteiger partial charge in [-0.2, -0.15) is 0 Å². The zero-order chi connectivity index (χ0) is 10.4. The van der Waals surface area contributed by atoms with Gasteiger partial charge in [-0.3, -0.25) is 4.79 Å². The van der Waals surface area contributed by atoms with Crippen molar-refractivity contribution in [2.24, 2.45) is 0 Å². The predicted molar refractivity (Wildman–Crippen MR) is 56.9 cm³/mol. The molecule has 1 rings (SSSR count). The number of ketones is 1. The van der Waals surface area contributed by atoms with Gasteiger partial charge in [-0.1, -0.05) is 6.92 Å². The van der Waals surface area contributed by atoms with Crippen molar-refractivity contribution in [3.63, 3.8) is 0 Å². The summed E-state index contributed by atoms with van der Waals surface area (Å²) < 4.78 is 0. The molecule has 0 bridgehead atoms. The summed E-state index contributed by atoms with van der Waals surface area (Å²) in [6, 6.07) is 0.440. The molecule has 0 spiro atoms. The van der Waals surface area contributed by atoms with E-state index in [1.807, 2.05) is 6.92 Å². The van der Waals surface area contributed by atoms with Crippen LogP contribution in [-0.2, 0) is 4.79 Å². The van der Waals surface area contributed by atoms with E-state index in [0.717, 1.165) is 19.5 Å². The second kappa shape index (κ2) is 5.88. The Hall–Kier alpha value is -0.740. The monoisotopic (exact) mass is 197 g/mol. The molecule has 1 heterocycles. The SMILES string of the molecule is CCC(=N)CC(=O)CN[C@@H]1CCNC1. The molecule has 0 aromatic carbocycles. The number of hydrogen-bond acceptors (Lipinski definition) is 4. The molecule has 0 aliphatic carbocycles. The van der Waals surface area contributed by atoms with E-state index in [1.54, 1.807) is 0 Å². The van der Waals surface area contributed by atoms with E-state index < -0.39 is 0 Å². The lowest BCUT2D eigenvalue weighted by atomic mass is 10.1. The molecule has 1 atom stereocenters. The first-order valence-corrected chi connectivity index (χ1v) is 5.24. The number of Topliss-reactive ketones (excluding diaryl/α,β-unsaturated/α-hetero) is 1. The van der Waals surface area contributed by atoms with Gasteiger partial charge in [0, 0.05) is 24.7 Å². The molecule has 1 saturated heterocycles. The highest BCUT2D eigenvalue weighted by Crippen LogP contribution is 1.97. The Morgan fingerprint density at radius 2 is 2.43 bits per heavy atom. The number of rotatable bonds is 6. The minimum atomic E-state index is 0.128. The van der Waals surface area contributed by atoms with Crippen LogP contribution in [0.1, 0.15) is 26.2 Å². The molecule has 4 nitrogen and oxygen atoms in total. The summed E-state index contributed by atoms with van der Waals surface area (Å²) in [6.07, 6.45) is 2.08. The van der Waals surface area contributed by atoms with Crippen molar-refractivity contribution in [3.05, 3.63) is 0 Å². The molecule has 1 aliphatic rings. The first kappa shape index (κ1) is 11.3. The van der Waals surface area contributed by atoms with E-state index in [1.165, 1.54) is 0 Å². The van der Waals surface area contributed by atoms with E-state index in [4.69, 9.17) is 5.41 Å². The Morgan fingerprint density at radius 3 is 3.00 bits per heavy atom. The molecule has 80 valence electrons. The Labute approximate surface area is 85.0 Å². The fraction of sp³-hybridized carbons (Fsp3) is 0.800. The van der Waals surface area contributed by atoms with Crippen molar-refractivity contribution in [3.8, 4) is 0 Å². The lowest BCUT2D eigenvalue weighted by molar-refractivity contribution is -0.117. The molecule has 0 unspecified atom stereocenters. The maximum Gasteiger partial charge on any atom is 0.152 e. The third-order valence-electron chi connectivity index (χ3n) is 2.49. The van der Waals surface area contributed by atoms with Gasteiger partial charge >= 0.3 is 0 Å². The standard InChI is InChI=1S/C10H19N3O/c1-2-8(11)5-10(14)7-13-9-3-4-12-6-9/h9,11-13H,2-7H2,1H3/t9-/m1/s1. The van der Waals surface area contributed by atoms with Gasteiger partial charge < -0.3 is 16.0 Å². The molecular formula is C10H19N3O. The third-order valence-corrected chi connectivity index (χ3v) is 2.49. The fourth-order valence-electron chi connectivity index (χ4n) is 1.51. The highest BCUT2D eigenvalue weighted by molar-refractivity contribution is 6.01. The van der Waals surface area contributed by atoms with Crippen molar-refractivity contribution >= 4 is 11.5 Å². The highest BCUT2D eigenvalue weighted by atomic mass is 16.1. The van der Waals surface area contributed by atoms with Crippen LogP contribution < -0.4 is 10.6 Å². The van der Waals surface area contributed by atoms with Crippen LogP contribution in [0.15, 0.2) is 0 Å². The largest absolute Gasteiger partial charge is 0.315 e. The van der Waals surface area contributed by atoms with E-state index in [0.29, 0.717) is 31.1 Å². The summed E-state index contributed by atoms with van der Waals surface area (Å²) in [6.45, 7) is 4.31. The van der Waals surface area contributed by atoms with Gasteiger partial charge in [-0.15, -0.1) is 0 Å². The summed E-state index contributed by atoms with van der Waals surface area (Å²) in [7, 11) is 0. The third kappa shape index (κ3) is 3.98. The number of nitrogens with one attached hydrogen (secondary N) is 3. The first-order chi connectivity index (χ1) is 6.72. The average molecular weight is 197 g/mol. The van der Waals surface area contributed by atoms with Crippen molar-refractivity contribution < 1.29 is 4.79 Å². The van der Waals surface area contributed by atoms with Gasteiger partial charge in [0.2, 0.25) is 0 Å². The van der Waals surface area contributed by atoms with Gasteiger partial charge in [0.05, 0.1) is 6.54 Å². The summed E-state index contributed by atoms with van der Waals surface area (Å²) in [5, 5.41) is 13.8. The van der Waals surface area contributed by atoms with E-state index in [2.05, 4.69) is 10.6 Å². The Bertz CT molecular complexity index is 209. The quantitative estimate of drug-likeness (QED) is 0.537. The molecular weight excluding hydrogens is 178 g/mol. The molecule has 1 fully saturated rings. The smallest absolute Gasteiger partial charge is 0.152 e. The van der Waals surface area contributed by atoms with Gasteiger partial charge in [0.25, 0.3) is 0 Å². The number of carbonyl (C=O) groups is 1. The lowest BCUT2D eigenvalue weighted by Crippen LogP contribution is -2.35. The highest BCUT2D eigenvalue weighted by Gasteiger charge is 2.14. The molecule has 0 aromatic rings. The van der Waals surface area contributed by atoms with Crippen LogP contribution >= 0.6 is 0 Å². The Balaban J connectivity index is 2.11. The maximum absolute atomic E-state index is 11.3. The van der Waals surface area contributed by atoms with Crippen molar-refractivity contribution in [1.29, 1.82) is 5.41 Å². The van der Waals surface area contributed by atoms with E-state index in [-0.39, 0.29) is 5.78 Å². The van der Waals surface area contributed by atoms with Gasteiger partial charge in [-0.05, 0) is 19.4 Å². The average Bonchev–Trinajstić information content (AvgIpc) is 2.67. The lowest BCUT2D eigenvalue weighted by Gasteiger charge is -2.09. The van der Waals surface area contributed by atoms with Crippen molar-refractivity contribution in [1.82, 2.24) is 10.6 Å². The predicted octanol–water partition coefficient (Wildman–Crippen LogP) is 0.327. The van der Waals surface area contributed by atoms with Crippen LogP contribution in [0.2, 0.25) is 0 Å². The molecule has 3 N–H and O–H groups in total. The zero-order valence-electron chi connectivity index (χ0n) is 8.73. The van der Waals surface area contributed by atoms with Crippen LogP contribution in [0.3, 0.4) is 0 Å². The normalized spacial score (nSPS) is 21.1. The minimum Gasteiger partial charge on any atom is -0.315 e. The number of carbonyl (C=O) groups excluding carboxylic acids is 1. The summed E-state index contributed by atoms with van der Waals surface area (Å²) >= 11 is 0. The second-order valence-electron chi connectivity index (χ2n) is 3.74. The molecule has 0 saturated carbocycles. The van der Waals surface area contributed by atoms with Gasteiger partial charge in [0.1, 0.15) is 0 Å². The van der Waals surface area contributed by atoms with Gasteiger partial charge in [-0.25, -0.2) is 0 Å². The van der Waals surface area contributed by atoms with E-state index in [9.17, 15) is 4.79 Å². The molecule has 0 amide bonds. The van der Waals surface area contributed by atoms with Crippen LogP contribution in [0.5, 0.6) is 0 Å². The fourth-order valence-corrected chi connectivity index (χ4v) is 1.51. The summed E-state index contributed by atoms with van der Waals surface area (Å²) in [5.74, 6) is 0.128. The minimum absolute atomic E-state index is 0.128. The van der Waals surface area contributed by atoms with Crippen LogP contribution in [0.4, 0.5) is 0 Å². The second-order valence-corrected chi connectivity index (χ2v) is 3.74. The summed E-state index contributed by atoms with van der Waals surface area (Å²) in [4.78, 5) is 11.3. The topological polar surface area (TPSA) is 65.0 Å². The molecule has 4 heteroatoms. The molecule has 0 aromatic heterocycles. The van der Waals surface area contributed by atoms with Gasteiger partial charge in [0.15, 0.2) is 5.78 Å². The molecule has 1 aliphatic heterocycles. The number of hydrogen-bond donors (Lipinski definition) is 3. The van der Waals surface area contributed by atoms with E-state index >= 15 is 0 Å². The maximum atomic E-state index is 11.3.